The van der Waals surface area contributed by atoms with E-state index in [1.807, 2.05) is 13.0 Å². The Kier molecular flexibility index (Phi) is 8.47. The van der Waals surface area contributed by atoms with Crippen molar-refractivity contribution in [3.8, 4) is 5.75 Å². The molecule has 0 aromatic heterocycles. The van der Waals surface area contributed by atoms with E-state index in [1.54, 1.807) is 46.8 Å². The Morgan fingerprint density at radius 3 is 2.30 bits per heavy atom. The lowest BCUT2D eigenvalue weighted by molar-refractivity contribution is -0.122. The Morgan fingerprint density at radius 2 is 1.73 bits per heavy atom. The molecule has 0 radical (unpaired) electrons. The molecular formula is C28H36F2N2O5. The Bertz CT molecular complexity index is 1140. The molecule has 2 aromatic rings. The van der Waals surface area contributed by atoms with E-state index in [1.165, 1.54) is 12.0 Å². The van der Waals surface area contributed by atoms with Crippen LogP contribution in [0, 0.1) is 11.6 Å². The number of benzene rings is 2. The molecule has 0 spiro atoms. The molecule has 0 bridgehead atoms. The van der Waals surface area contributed by atoms with Crippen LogP contribution in [-0.2, 0) is 26.1 Å². The van der Waals surface area contributed by atoms with Crippen molar-refractivity contribution in [1.82, 2.24) is 4.90 Å². The van der Waals surface area contributed by atoms with E-state index in [9.17, 15) is 9.59 Å². The standard InChI is InChI=1S/C28H36F2N2O5/c1-8-36-19-9-10-20-17(13-19)11-12-32(26(34)37-27(2,3)4)24(20)25(33)31-18-14-21(29)23(22(30)15-18)28(5,6)16-35-7/h9-10,13-15,24H,8,11-12,16H2,1-7H3,(H,31,33)/t24-/m0/s1. The van der Waals surface area contributed by atoms with E-state index < -0.39 is 40.7 Å². The Hall–Kier alpha value is -3.20. The van der Waals surface area contributed by atoms with Crippen molar-refractivity contribution in [2.45, 2.75) is 65.0 Å². The van der Waals surface area contributed by atoms with Crippen LogP contribution in [0.3, 0.4) is 0 Å². The summed E-state index contributed by atoms with van der Waals surface area (Å²) in [5.74, 6) is -1.55. The van der Waals surface area contributed by atoms with Crippen LogP contribution in [0.25, 0.3) is 0 Å². The minimum absolute atomic E-state index is 0.0563. The van der Waals surface area contributed by atoms with Crippen molar-refractivity contribution >= 4 is 17.7 Å². The molecule has 0 saturated carbocycles. The number of hydrogen-bond donors (Lipinski definition) is 1. The summed E-state index contributed by atoms with van der Waals surface area (Å²) in [7, 11) is 1.46. The number of carbonyl (C=O) groups excluding carboxylic acids is 2. The summed E-state index contributed by atoms with van der Waals surface area (Å²) >= 11 is 0. The van der Waals surface area contributed by atoms with Crippen molar-refractivity contribution in [2.75, 3.05) is 32.2 Å². The van der Waals surface area contributed by atoms with Crippen LogP contribution in [0.1, 0.15) is 64.3 Å². The molecule has 1 atom stereocenters. The maximum Gasteiger partial charge on any atom is 0.411 e. The summed E-state index contributed by atoms with van der Waals surface area (Å²) in [4.78, 5) is 28.0. The lowest BCUT2D eigenvalue weighted by atomic mass is 9.84. The highest BCUT2D eigenvalue weighted by atomic mass is 19.1. The third-order valence-electron chi connectivity index (χ3n) is 6.02. The zero-order valence-corrected chi connectivity index (χ0v) is 22.5. The van der Waals surface area contributed by atoms with Crippen LogP contribution in [0.15, 0.2) is 30.3 Å². The van der Waals surface area contributed by atoms with E-state index in [-0.39, 0.29) is 24.4 Å². The van der Waals surface area contributed by atoms with Crippen LogP contribution in [0.5, 0.6) is 5.75 Å². The summed E-state index contributed by atoms with van der Waals surface area (Å²) in [5.41, 5.74) is -0.432. The van der Waals surface area contributed by atoms with E-state index in [0.29, 0.717) is 24.3 Å². The third kappa shape index (κ3) is 6.57. The first-order valence-corrected chi connectivity index (χ1v) is 12.3. The lowest BCUT2D eigenvalue weighted by Gasteiger charge is -2.37. The molecule has 0 unspecified atom stereocenters. The van der Waals surface area contributed by atoms with Gasteiger partial charge < -0.3 is 19.5 Å². The number of anilines is 1. The second kappa shape index (κ2) is 11.0. The lowest BCUT2D eigenvalue weighted by Crippen LogP contribution is -2.47. The van der Waals surface area contributed by atoms with Crippen LogP contribution in [0.4, 0.5) is 19.3 Å². The van der Waals surface area contributed by atoms with Gasteiger partial charge in [-0.15, -0.1) is 0 Å². The summed E-state index contributed by atoms with van der Waals surface area (Å²) in [6.45, 7) is 11.3. The van der Waals surface area contributed by atoms with Gasteiger partial charge in [-0.1, -0.05) is 19.9 Å². The van der Waals surface area contributed by atoms with E-state index in [0.717, 1.165) is 17.7 Å². The first kappa shape index (κ1) is 28.4. The van der Waals surface area contributed by atoms with Gasteiger partial charge in [0.25, 0.3) is 5.91 Å². The summed E-state index contributed by atoms with van der Waals surface area (Å²) < 4.78 is 46.3. The third-order valence-corrected chi connectivity index (χ3v) is 6.02. The molecule has 9 heteroatoms. The number of nitrogens with zero attached hydrogens (tertiary/aromatic N) is 1. The van der Waals surface area contributed by atoms with Gasteiger partial charge >= 0.3 is 6.09 Å². The predicted octanol–water partition coefficient (Wildman–Crippen LogP) is 5.76. The Labute approximate surface area is 217 Å². The zero-order chi connectivity index (χ0) is 27.5. The molecule has 2 amide bonds. The molecule has 0 aliphatic carbocycles. The van der Waals surface area contributed by atoms with Gasteiger partial charge in [0.2, 0.25) is 0 Å². The van der Waals surface area contributed by atoms with E-state index in [2.05, 4.69) is 5.32 Å². The molecule has 1 aliphatic heterocycles. The van der Waals surface area contributed by atoms with Crippen molar-refractivity contribution in [3.05, 3.63) is 58.7 Å². The zero-order valence-electron chi connectivity index (χ0n) is 22.5. The SMILES string of the molecule is CCOc1ccc2c(c1)CCN(C(=O)OC(C)(C)C)[C@@H]2C(=O)Nc1cc(F)c(C(C)(C)COC)c(F)c1. The molecule has 1 N–H and O–H groups in total. The smallest absolute Gasteiger partial charge is 0.411 e. The largest absolute Gasteiger partial charge is 0.494 e. The quantitative estimate of drug-likeness (QED) is 0.504. The highest BCUT2D eigenvalue weighted by Crippen LogP contribution is 2.35. The predicted molar refractivity (Wildman–Crippen MR) is 137 cm³/mol. The highest BCUT2D eigenvalue weighted by Gasteiger charge is 2.39. The molecule has 37 heavy (non-hydrogen) atoms. The monoisotopic (exact) mass is 518 g/mol. The molecule has 7 nitrogen and oxygen atoms in total. The molecular weight excluding hydrogens is 482 g/mol. The average Bonchev–Trinajstić information content (AvgIpc) is 2.76. The minimum atomic E-state index is -1.06. The molecule has 202 valence electrons. The summed E-state index contributed by atoms with van der Waals surface area (Å²) in [6, 6.07) is 6.40. The van der Waals surface area contributed by atoms with Crippen molar-refractivity contribution in [2.24, 2.45) is 0 Å². The van der Waals surface area contributed by atoms with Gasteiger partial charge in [0.05, 0.1) is 13.2 Å². The number of ether oxygens (including phenoxy) is 3. The number of nitrogens with one attached hydrogen (secondary N) is 1. The first-order chi connectivity index (χ1) is 17.3. The number of fused-ring (bicyclic) bond motifs is 1. The van der Waals surface area contributed by atoms with Crippen LogP contribution >= 0.6 is 0 Å². The maximum atomic E-state index is 15.0. The second-order valence-corrected chi connectivity index (χ2v) is 10.7. The Morgan fingerprint density at radius 1 is 1.08 bits per heavy atom. The molecule has 2 aromatic carbocycles. The van der Waals surface area contributed by atoms with Crippen LogP contribution < -0.4 is 10.1 Å². The number of rotatable bonds is 7. The summed E-state index contributed by atoms with van der Waals surface area (Å²) in [6.07, 6.45) is -0.160. The maximum absolute atomic E-state index is 15.0. The van der Waals surface area contributed by atoms with Gasteiger partial charge in [0.15, 0.2) is 0 Å². The average molecular weight is 519 g/mol. The van der Waals surface area contributed by atoms with E-state index >= 15 is 8.78 Å². The summed E-state index contributed by atoms with van der Waals surface area (Å²) in [5, 5.41) is 2.60. The highest BCUT2D eigenvalue weighted by molar-refractivity contribution is 5.98. The molecule has 1 heterocycles. The van der Waals surface area contributed by atoms with Crippen LogP contribution in [0.2, 0.25) is 0 Å². The fourth-order valence-corrected chi connectivity index (χ4v) is 4.60. The topological polar surface area (TPSA) is 77.1 Å². The van der Waals surface area contributed by atoms with Gasteiger partial charge in [-0.25, -0.2) is 13.6 Å². The van der Waals surface area contributed by atoms with Gasteiger partial charge in [-0.2, -0.15) is 0 Å². The number of hydrogen-bond acceptors (Lipinski definition) is 5. The van der Waals surface area contributed by atoms with Crippen molar-refractivity contribution in [3.63, 3.8) is 0 Å². The first-order valence-electron chi connectivity index (χ1n) is 12.3. The Balaban J connectivity index is 1.97. The van der Waals surface area contributed by atoms with Crippen molar-refractivity contribution in [1.29, 1.82) is 0 Å². The van der Waals surface area contributed by atoms with Crippen molar-refractivity contribution < 1.29 is 32.6 Å². The van der Waals surface area contributed by atoms with Gasteiger partial charge in [0, 0.05) is 30.3 Å². The second-order valence-electron chi connectivity index (χ2n) is 10.7. The fraction of sp³-hybridized carbons (Fsp3) is 0.500. The number of methoxy groups -OCH3 is 1. The molecule has 1 aliphatic rings. The van der Waals surface area contributed by atoms with Gasteiger partial charge in [-0.05, 0) is 69.5 Å². The molecule has 0 fully saturated rings. The van der Waals surface area contributed by atoms with Gasteiger partial charge in [0.1, 0.15) is 29.0 Å². The fourth-order valence-electron chi connectivity index (χ4n) is 4.60. The molecule has 0 saturated heterocycles. The number of amides is 2. The minimum Gasteiger partial charge on any atom is -0.494 e. The normalized spacial score (nSPS) is 15.7. The van der Waals surface area contributed by atoms with Crippen LogP contribution in [-0.4, -0.2) is 49.4 Å². The van der Waals surface area contributed by atoms with E-state index in [4.69, 9.17) is 14.2 Å². The van der Waals surface area contributed by atoms with Gasteiger partial charge in [-0.3, -0.25) is 9.69 Å². The molecule has 3 rings (SSSR count). The number of carbonyl (C=O) groups is 2. The number of halogens is 2.